The van der Waals surface area contributed by atoms with Crippen molar-refractivity contribution in [2.75, 3.05) is 20.3 Å². The van der Waals surface area contributed by atoms with E-state index in [0.29, 0.717) is 17.9 Å². The molecular weight excluding hydrogens is 322 g/mol. The fraction of sp³-hybridized carbons (Fsp3) is 0.263. The molecule has 0 bridgehead atoms. The van der Waals surface area contributed by atoms with Crippen molar-refractivity contribution in [3.8, 4) is 11.5 Å². The van der Waals surface area contributed by atoms with Gasteiger partial charge < -0.3 is 19.9 Å². The van der Waals surface area contributed by atoms with Crippen LogP contribution in [0.2, 0.25) is 0 Å². The number of nitrogens with one attached hydrogen (secondary N) is 1. The number of carboxylic acid groups (broad SMARTS) is 1. The Morgan fingerprint density at radius 2 is 1.68 bits per heavy atom. The molecule has 0 radical (unpaired) electrons. The first-order valence-corrected chi connectivity index (χ1v) is 7.88. The summed E-state index contributed by atoms with van der Waals surface area (Å²) in [5.74, 6) is -0.764. The van der Waals surface area contributed by atoms with Gasteiger partial charge in [-0.3, -0.25) is 9.59 Å². The summed E-state index contributed by atoms with van der Waals surface area (Å²) in [4.78, 5) is 23.2. The molecule has 0 fully saturated rings. The summed E-state index contributed by atoms with van der Waals surface area (Å²) in [6.07, 6.45) is 0.357. The van der Waals surface area contributed by atoms with E-state index in [2.05, 4.69) is 5.32 Å². The highest BCUT2D eigenvalue weighted by molar-refractivity contribution is 5.78. The molecule has 0 aliphatic heterocycles. The van der Waals surface area contributed by atoms with E-state index in [-0.39, 0.29) is 19.1 Å². The van der Waals surface area contributed by atoms with Gasteiger partial charge in [0, 0.05) is 6.54 Å². The van der Waals surface area contributed by atoms with Crippen molar-refractivity contribution in [3.63, 3.8) is 0 Å². The van der Waals surface area contributed by atoms with Crippen molar-refractivity contribution in [1.82, 2.24) is 5.32 Å². The van der Waals surface area contributed by atoms with E-state index in [1.54, 1.807) is 31.4 Å². The first-order chi connectivity index (χ1) is 12.1. The third-order valence-corrected chi connectivity index (χ3v) is 3.65. The van der Waals surface area contributed by atoms with Crippen LogP contribution in [0.3, 0.4) is 0 Å². The Hall–Kier alpha value is -3.02. The van der Waals surface area contributed by atoms with Crippen LogP contribution in [-0.4, -0.2) is 37.2 Å². The van der Waals surface area contributed by atoms with Gasteiger partial charge in [0.2, 0.25) is 0 Å². The van der Waals surface area contributed by atoms with Crippen LogP contribution in [0.1, 0.15) is 5.56 Å². The van der Waals surface area contributed by atoms with Crippen LogP contribution in [0.15, 0.2) is 54.6 Å². The third kappa shape index (κ3) is 6.18. The first kappa shape index (κ1) is 18.3. The number of aliphatic carboxylic acids is 1. The minimum Gasteiger partial charge on any atom is -0.497 e. The summed E-state index contributed by atoms with van der Waals surface area (Å²) in [6, 6.07) is 16.2. The van der Waals surface area contributed by atoms with Crippen LogP contribution in [0.4, 0.5) is 0 Å². The van der Waals surface area contributed by atoms with Crippen molar-refractivity contribution >= 4 is 11.9 Å². The maximum absolute atomic E-state index is 11.9. The molecule has 0 aliphatic rings. The highest BCUT2D eigenvalue weighted by Gasteiger charge is 2.19. The molecule has 2 aromatic rings. The number of carbonyl (C=O) groups is 2. The van der Waals surface area contributed by atoms with E-state index < -0.39 is 11.9 Å². The molecule has 0 saturated heterocycles. The van der Waals surface area contributed by atoms with Gasteiger partial charge in [-0.15, -0.1) is 0 Å². The summed E-state index contributed by atoms with van der Waals surface area (Å²) < 4.78 is 10.4. The van der Waals surface area contributed by atoms with Gasteiger partial charge >= 0.3 is 5.97 Å². The molecule has 2 aromatic carbocycles. The summed E-state index contributed by atoms with van der Waals surface area (Å²) in [6.45, 7) is -0.126. The Bertz CT molecular complexity index is 685. The first-order valence-electron chi connectivity index (χ1n) is 7.88. The van der Waals surface area contributed by atoms with E-state index in [0.717, 1.165) is 5.56 Å². The van der Waals surface area contributed by atoms with Gasteiger partial charge in [-0.1, -0.05) is 30.3 Å². The van der Waals surface area contributed by atoms with E-state index >= 15 is 0 Å². The second-order valence-electron chi connectivity index (χ2n) is 5.49. The standard InChI is InChI=1S/C19H21NO5/c1-24-16-7-9-17(10-8-16)25-13-18(21)20-12-15(19(22)23)11-14-5-3-2-4-6-14/h2-10,15H,11-13H2,1H3,(H,20,21)(H,22,23). The number of rotatable bonds is 9. The lowest BCUT2D eigenvalue weighted by Gasteiger charge is -2.14. The van der Waals surface area contributed by atoms with E-state index in [1.807, 2.05) is 30.3 Å². The summed E-state index contributed by atoms with van der Waals surface area (Å²) in [5, 5.41) is 11.9. The molecule has 6 heteroatoms. The minimum absolute atomic E-state index is 0.0506. The van der Waals surface area contributed by atoms with Crippen molar-refractivity contribution in [1.29, 1.82) is 0 Å². The molecule has 0 aromatic heterocycles. The molecule has 0 saturated carbocycles. The Balaban J connectivity index is 1.79. The smallest absolute Gasteiger partial charge is 0.308 e. The predicted molar refractivity (Wildman–Crippen MR) is 92.8 cm³/mol. The largest absolute Gasteiger partial charge is 0.497 e. The minimum atomic E-state index is -0.944. The highest BCUT2D eigenvalue weighted by atomic mass is 16.5. The second kappa shape index (κ2) is 9.32. The zero-order valence-electron chi connectivity index (χ0n) is 14.0. The maximum Gasteiger partial charge on any atom is 0.308 e. The quantitative estimate of drug-likeness (QED) is 0.729. The monoisotopic (exact) mass is 343 g/mol. The molecule has 1 atom stereocenters. The van der Waals surface area contributed by atoms with Gasteiger partial charge in [-0.05, 0) is 36.2 Å². The van der Waals surface area contributed by atoms with Crippen LogP contribution in [-0.2, 0) is 16.0 Å². The zero-order valence-corrected chi connectivity index (χ0v) is 14.0. The second-order valence-corrected chi connectivity index (χ2v) is 5.49. The Morgan fingerprint density at radius 3 is 2.28 bits per heavy atom. The number of carboxylic acids is 1. The molecule has 1 amide bonds. The number of ether oxygens (including phenoxy) is 2. The van der Waals surface area contributed by atoms with Gasteiger partial charge in [-0.25, -0.2) is 0 Å². The van der Waals surface area contributed by atoms with Crippen molar-refractivity contribution in [2.45, 2.75) is 6.42 Å². The van der Waals surface area contributed by atoms with Gasteiger partial charge in [0.05, 0.1) is 13.0 Å². The average molecular weight is 343 g/mol. The molecule has 0 aliphatic carbocycles. The number of methoxy groups -OCH3 is 1. The Kier molecular flexibility index (Phi) is 6.83. The van der Waals surface area contributed by atoms with Crippen molar-refractivity contribution in [2.24, 2.45) is 5.92 Å². The fourth-order valence-electron chi connectivity index (χ4n) is 2.25. The lowest BCUT2D eigenvalue weighted by atomic mass is 9.99. The highest BCUT2D eigenvalue weighted by Crippen LogP contribution is 2.16. The van der Waals surface area contributed by atoms with Crippen LogP contribution < -0.4 is 14.8 Å². The number of amides is 1. The zero-order chi connectivity index (χ0) is 18.1. The molecule has 2 N–H and O–H groups in total. The van der Waals surface area contributed by atoms with Crippen LogP contribution in [0, 0.1) is 5.92 Å². The molecule has 6 nitrogen and oxygen atoms in total. The number of hydrogen-bond acceptors (Lipinski definition) is 4. The Morgan fingerprint density at radius 1 is 1.04 bits per heavy atom. The van der Waals surface area contributed by atoms with Gasteiger partial charge in [0.25, 0.3) is 5.91 Å². The van der Waals surface area contributed by atoms with Crippen molar-refractivity contribution < 1.29 is 24.2 Å². The number of carbonyl (C=O) groups excluding carboxylic acids is 1. The predicted octanol–water partition coefficient (Wildman–Crippen LogP) is 2.13. The van der Waals surface area contributed by atoms with Gasteiger partial charge in [0.15, 0.2) is 6.61 Å². The number of benzene rings is 2. The van der Waals surface area contributed by atoms with Crippen LogP contribution in [0.5, 0.6) is 11.5 Å². The maximum atomic E-state index is 11.9. The van der Waals surface area contributed by atoms with E-state index in [1.165, 1.54) is 0 Å². The molecule has 2 rings (SSSR count). The third-order valence-electron chi connectivity index (χ3n) is 3.65. The van der Waals surface area contributed by atoms with Gasteiger partial charge in [0.1, 0.15) is 11.5 Å². The normalized spacial score (nSPS) is 11.4. The molecular formula is C19H21NO5. The average Bonchev–Trinajstić information content (AvgIpc) is 2.64. The molecule has 132 valence electrons. The number of hydrogen-bond donors (Lipinski definition) is 2. The summed E-state index contributed by atoms with van der Waals surface area (Å²) in [7, 11) is 1.57. The Labute approximate surface area is 146 Å². The molecule has 0 heterocycles. The van der Waals surface area contributed by atoms with E-state index in [4.69, 9.17) is 9.47 Å². The SMILES string of the molecule is COc1ccc(OCC(=O)NCC(Cc2ccccc2)C(=O)O)cc1. The molecule has 25 heavy (non-hydrogen) atoms. The summed E-state index contributed by atoms with van der Waals surface area (Å²) in [5.41, 5.74) is 0.915. The molecule has 1 unspecified atom stereocenters. The fourth-order valence-corrected chi connectivity index (χ4v) is 2.25. The lowest BCUT2D eigenvalue weighted by Crippen LogP contribution is -2.36. The van der Waals surface area contributed by atoms with Crippen molar-refractivity contribution in [3.05, 3.63) is 60.2 Å². The van der Waals surface area contributed by atoms with Gasteiger partial charge in [-0.2, -0.15) is 0 Å². The topological polar surface area (TPSA) is 84.9 Å². The lowest BCUT2D eigenvalue weighted by molar-refractivity contribution is -0.141. The summed E-state index contributed by atoms with van der Waals surface area (Å²) >= 11 is 0. The van der Waals surface area contributed by atoms with Crippen LogP contribution >= 0.6 is 0 Å². The van der Waals surface area contributed by atoms with Crippen LogP contribution in [0.25, 0.3) is 0 Å². The molecule has 0 spiro atoms. The van der Waals surface area contributed by atoms with E-state index in [9.17, 15) is 14.7 Å².